The first-order chi connectivity index (χ1) is 15.3. The highest BCUT2D eigenvalue weighted by Crippen LogP contribution is 2.43. The van der Waals surface area contributed by atoms with Crippen LogP contribution in [0.1, 0.15) is 43.4 Å². The van der Waals surface area contributed by atoms with Gasteiger partial charge in [0.25, 0.3) is 11.7 Å². The Hall–Kier alpha value is -3.19. The molecule has 7 nitrogen and oxygen atoms in total. The van der Waals surface area contributed by atoms with Gasteiger partial charge in [0, 0.05) is 12.6 Å². The number of ether oxygens (including phenoxy) is 2. The van der Waals surface area contributed by atoms with Gasteiger partial charge in [-0.25, -0.2) is 0 Å². The lowest BCUT2D eigenvalue weighted by Gasteiger charge is -2.25. The van der Waals surface area contributed by atoms with E-state index in [0.717, 1.165) is 12.8 Å². The lowest BCUT2D eigenvalue weighted by Crippen LogP contribution is -2.30. The fraction of sp³-hybridized carbons (Fsp3) is 0.333. The number of unbranched alkanes of at least 4 members (excludes halogenated alkanes) is 2. The Labute approximate surface area is 191 Å². The van der Waals surface area contributed by atoms with Gasteiger partial charge in [-0.1, -0.05) is 43.5 Å². The highest BCUT2D eigenvalue weighted by Gasteiger charge is 2.46. The van der Waals surface area contributed by atoms with Crippen LogP contribution in [0.2, 0.25) is 5.02 Å². The molecule has 1 saturated heterocycles. The van der Waals surface area contributed by atoms with E-state index in [1.54, 1.807) is 12.1 Å². The van der Waals surface area contributed by atoms with Crippen molar-refractivity contribution in [1.29, 1.82) is 0 Å². The van der Waals surface area contributed by atoms with E-state index in [1.807, 2.05) is 6.92 Å². The molecule has 2 aromatic rings. The minimum Gasteiger partial charge on any atom is -0.508 e. The van der Waals surface area contributed by atoms with Crippen molar-refractivity contribution in [2.24, 2.45) is 0 Å². The summed E-state index contributed by atoms with van der Waals surface area (Å²) in [4.78, 5) is 27.4. The van der Waals surface area contributed by atoms with Gasteiger partial charge in [0.15, 0.2) is 0 Å². The number of methoxy groups -OCH3 is 2. The van der Waals surface area contributed by atoms with E-state index in [1.165, 1.54) is 43.4 Å². The van der Waals surface area contributed by atoms with E-state index in [0.29, 0.717) is 24.3 Å². The number of carbonyl (C=O) groups excluding carboxylic acids is 2. The molecule has 2 N–H and O–H groups in total. The summed E-state index contributed by atoms with van der Waals surface area (Å²) in [5, 5.41) is 21.5. The monoisotopic (exact) mass is 459 g/mol. The molecule has 8 heteroatoms. The number of amides is 1. The van der Waals surface area contributed by atoms with E-state index in [4.69, 9.17) is 21.1 Å². The van der Waals surface area contributed by atoms with Crippen molar-refractivity contribution in [2.75, 3.05) is 20.8 Å². The number of ketones is 1. The van der Waals surface area contributed by atoms with E-state index in [2.05, 4.69) is 0 Å². The van der Waals surface area contributed by atoms with Crippen LogP contribution in [0.4, 0.5) is 0 Å². The number of aromatic hydroxyl groups is 1. The fourth-order valence-corrected chi connectivity index (χ4v) is 4.12. The second-order valence-electron chi connectivity index (χ2n) is 7.48. The third-order valence-electron chi connectivity index (χ3n) is 5.46. The average Bonchev–Trinajstić information content (AvgIpc) is 3.03. The third kappa shape index (κ3) is 4.39. The quantitative estimate of drug-likeness (QED) is 0.257. The fourth-order valence-electron chi connectivity index (χ4n) is 3.87. The van der Waals surface area contributed by atoms with Crippen LogP contribution in [-0.2, 0) is 9.59 Å². The number of phenols is 1. The Kier molecular flexibility index (Phi) is 7.30. The molecule has 0 aromatic heterocycles. The number of nitrogens with zero attached hydrogens (tertiary/aromatic N) is 1. The molecule has 1 atom stereocenters. The zero-order chi connectivity index (χ0) is 23.4. The van der Waals surface area contributed by atoms with Crippen LogP contribution in [-0.4, -0.2) is 47.6 Å². The molecule has 32 heavy (non-hydrogen) atoms. The van der Waals surface area contributed by atoms with Crippen LogP contribution >= 0.6 is 11.6 Å². The summed E-state index contributed by atoms with van der Waals surface area (Å²) in [6.45, 7) is 2.39. The van der Waals surface area contributed by atoms with Gasteiger partial charge in [-0.3, -0.25) is 9.59 Å². The molecule has 1 aliphatic heterocycles. The normalized spacial score (nSPS) is 17.6. The van der Waals surface area contributed by atoms with E-state index >= 15 is 0 Å². The van der Waals surface area contributed by atoms with E-state index in [9.17, 15) is 19.8 Å². The van der Waals surface area contributed by atoms with Crippen LogP contribution in [0.25, 0.3) is 5.76 Å². The topological polar surface area (TPSA) is 96.3 Å². The highest BCUT2D eigenvalue weighted by atomic mass is 35.5. The number of rotatable bonds is 8. The maximum atomic E-state index is 13.1. The summed E-state index contributed by atoms with van der Waals surface area (Å²) in [5.41, 5.74) is 0.590. The molecule has 1 unspecified atom stereocenters. The molecular formula is C24H26ClNO6. The molecule has 0 spiro atoms. The molecule has 3 rings (SSSR count). The molecule has 1 heterocycles. The number of hydrogen-bond acceptors (Lipinski definition) is 6. The summed E-state index contributed by atoms with van der Waals surface area (Å²) in [7, 11) is 2.86. The van der Waals surface area contributed by atoms with Gasteiger partial charge in [-0.05, 0) is 30.2 Å². The van der Waals surface area contributed by atoms with Crippen LogP contribution in [0.3, 0.4) is 0 Å². The molecule has 2 aromatic carbocycles. The standard InChI is InChI=1S/C24H26ClNO6/c1-4-5-6-10-26-21(14-8-7-9-15(27)11-14)20(23(29)24(26)30)22(28)16-12-17(25)19(32-3)13-18(16)31-2/h7-9,11-13,21,27-28H,4-6,10H2,1-3H3/b22-20+. The number of carbonyl (C=O) groups is 2. The molecule has 1 fully saturated rings. The number of aliphatic hydroxyl groups is 1. The van der Waals surface area contributed by atoms with Crippen molar-refractivity contribution >= 4 is 29.1 Å². The lowest BCUT2D eigenvalue weighted by atomic mass is 9.94. The minimum absolute atomic E-state index is 0.00767. The van der Waals surface area contributed by atoms with Gasteiger partial charge in [-0.15, -0.1) is 0 Å². The lowest BCUT2D eigenvalue weighted by molar-refractivity contribution is -0.139. The molecule has 0 aliphatic carbocycles. The smallest absolute Gasteiger partial charge is 0.295 e. The van der Waals surface area contributed by atoms with Gasteiger partial charge in [0.1, 0.15) is 23.0 Å². The van der Waals surface area contributed by atoms with Crippen molar-refractivity contribution < 1.29 is 29.3 Å². The van der Waals surface area contributed by atoms with Crippen LogP contribution in [0.15, 0.2) is 42.0 Å². The first-order valence-corrected chi connectivity index (χ1v) is 10.7. The first-order valence-electron chi connectivity index (χ1n) is 10.3. The highest BCUT2D eigenvalue weighted by molar-refractivity contribution is 6.46. The summed E-state index contributed by atoms with van der Waals surface area (Å²) < 4.78 is 10.6. The molecule has 1 aliphatic rings. The molecule has 170 valence electrons. The van der Waals surface area contributed by atoms with Gasteiger partial charge >= 0.3 is 0 Å². The summed E-state index contributed by atoms with van der Waals surface area (Å²) in [6, 6.07) is 8.38. The maximum Gasteiger partial charge on any atom is 0.295 e. The predicted octanol–water partition coefficient (Wildman–Crippen LogP) is 4.67. The van der Waals surface area contributed by atoms with Crippen LogP contribution in [0, 0.1) is 0 Å². The van der Waals surface area contributed by atoms with Crippen molar-refractivity contribution in [3.8, 4) is 17.2 Å². The summed E-state index contributed by atoms with van der Waals surface area (Å²) in [6.07, 6.45) is 2.54. The number of phenolic OH excluding ortho intramolecular Hbond substituents is 1. The Morgan fingerprint density at radius 2 is 1.81 bits per heavy atom. The number of aliphatic hydroxyl groups excluding tert-OH is 1. The Balaban J connectivity index is 2.21. The van der Waals surface area contributed by atoms with Gasteiger partial charge < -0.3 is 24.6 Å². The van der Waals surface area contributed by atoms with Crippen LogP contribution in [0.5, 0.6) is 17.2 Å². The Bertz CT molecular complexity index is 1060. The van der Waals surface area contributed by atoms with Gasteiger partial charge in [0.2, 0.25) is 0 Å². The van der Waals surface area contributed by atoms with E-state index < -0.39 is 23.5 Å². The van der Waals surface area contributed by atoms with Gasteiger partial charge in [-0.2, -0.15) is 0 Å². The number of hydrogen-bond donors (Lipinski definition) is 2. The summed E-state index contributed by atoms with van der Waals surface area (Å²) >= 11 is 6.25. The van der Waals surface area contributed by atoms with Gasteiger partial charge in [0.05, 0.1) is 36.4 Å². The second-order valence-corrected chi connectivity index (χ2v) is 7.89. The third-order valence-corrected chi connectivity index (χ3v) is 5.75. The average molecular weight is 460 g/mol. The molecular weight excluding hydrogens is 434 g/mol. The number of benzene rings is 2. The largest absolute Gasteiger partial charge is 0.508 e. The molecule has 0 radical (unpaired) electrons. The molecule has 0 saturated carbocycles. The number of likely N-dealkylation sites (tertiary alicyclic amines) is 1. The molecule has 1 amide bonds. The molecule has 0 bridgehead atoms. The Morgan fingerprint density at radius 1 is 1.09 bits per heavy atom. The zero-order valence-electron chi connectivity index (χ0n) is 18.2. The number of halogens is 1. The first kappa shape index (κ1) is 23.5. The Morgan fingerprint density at radius 3 is 2.44 bits per heavy atom. The van der Waals surface area contributed by atoms with Crippen molar-refractivity contribution in [3.05, 3.63) is 58.1 Å². The SMILES string of the molecule is CCCCCN1C(=O)C(=O)/C(=C(/O)c2cc(Cl)c(OC)cc2OC)C1c1cccc(O)c1. The number of Topliss-reactive ketones (excluding diaryl/α,β-unsaturated/α-hetero) is 1. The maximum absolute atomic E-state index is 13.1. The minimum atomic E-state index is -0.857. The van der Waals surface area contributed by atoms with Crippen molar-refractivity contribution in [2.45, 2.75) is 32.2 Å². The van der Waals surface area contributed by atoms with Crippen LogP contribution < -0.4 is 9.47 Å². The van der Waals surface area contributed by atoms with Crippen molar-refractivity contribution in [3.63, 3.8) is 0 Å². The van der Waals surface area contributed by atoms with E-state index in [-0.39, 0.29) is 27.7 Å². The van der Waals surface area contributed by atoms with Crippen molar-refractivity contribution in [1.82, 2.24) is 4.90 Å². The zero-order valence-corrected chi connectivity index (χ0v) is 19.0. The summed E-state index contributed by atoms with van der Waals surface area (Å²) in [5.74, 6) is -1.35. The second kappa shape index (κ2) is 9.96. The predicted molar refractivity (Wildman–Crippen MR) is 121 cm³/mol.